The first-order valence-corrected chi connectivity index (χ1v) is 9.21. The first-order valence-electron chi connectivity index (χ1n) is 7.92. The lowest BCUT2D eigenvalue weighted by Crippen LogP contribution is -2.51. The molecule has 2 saturated carbocycles. The van der Waals surface area contributed by atoms with Gasteiger partial charge in [-0.25, -0.2) is 4.79 Å². The molecule has 2 aliphatic rings. The zero-order valence-corrected chi connectivity index (χ0v) is 13.5. The van der Waals surface area contributed by atoms with E-state index in [0.717, 1.165) is 38.5 Å². The molecule has 0 aromatic heterocycles. The standard InChI is InChI=1S/C15H26N2O3S/c1-21-11-6-4-5-10(9-11)16-15(20)17-13-8-3-2-7-12(13)14(18)19/h10-13H,2-9H2,1H3,(H,18,19)(H2,16,17,20). The number of aliphatic carboxylic acids is 1. The average molecular weight is 314 g/mol. The maximum absolute atomic E-state index is 12.1. The summed E-state index contributed by atoms with van der Waals surface area (Å²) < 4.78 is 0. The van der Waals surface area contributed by atoms with Gasteiger partial charge in [-0.1, -0.05) is 19.3 Å². The summed E-state index contributed by atoms with van der Waals surface area (Å²) in [5, 5.41) is 15.8. The Hall–Kier alpha value is -0.910. The van der Waals surface area contributed by atoms with Crippen LogP contribution in [0.3, 0.4) is 0 Å². The van der Waals surface area contributed by atoms with Crippen molar-refractivity contribution in [3.05, 3.63) is 0 Å². The number of carboxylic acids is 1. The number of urea groups is 1. The molecule has 0 heterocycles. The topological polar surface area (TPSA) is 78.4 Å². The molecule has 2 amide bonds. The van der Waals surface area contributed by atoms with Crippen LogP contribution in [0.1, 0.15) is 51.4 Å². The highest BCUT2D eigenvalue weighted by atomic mass is 32.2. The lowest BCUT2D eigenvalue weighted by molar-refractivity contribution is -0.143. The monoisotopic (exact) mass is 314 g/mol. The molecule has 0 aromatic rings. The molecule has 0 aliphatic heterocycles. The smallest absolute Gasteiger partial charge is 0.315 e. The summed E-state index contributed by atoms with van der Waals surface area (Å²) in [6, 6.07) is -0.195. The van der Waals surface area contributed by atoms with Gasteiger partial charge in [0.2, 0.25) is 0 Å². The van der Waals surface area contributed by atoms with E-state index in [9.17, 15) is 14.7 Å². The van der Waals surface area contributed by atoms with Crippen molar-refractivity contribution in [1.29, 1.82) is 0 Å². The highest BCUT2D eigenvalue weighted by Crippen LogP contribution is 2.27. The molecular weight excluding hydrogens is 288 g/mol. The van der Waals surface area contributed by atoms with Gasteiger partial charge in [0.1, 0.15) is 0 Å². The Kier molecular flexibility index (Phi) is 6.21. The lowest BCUT2D eigenvalue weighted by atomic mass is 9.84. The van der Waals surface area contributed by atoms with Gasteiger partial charge in [0, 0.05) is 17.3 Å². The molecule has 5 nitrogen and oxygen atoms in total. The Morgan fingerprint density at radius 1 is 1.05 bits per heavy atom. The van der Waals surface area contributed by atoms with Crippen molar-refractivity contribution in [2.24, 2.45) is 5.92 Å². The van der Waals surface area contributed by atoms with Gasteiger partial charge in [-0.05, 0) is 38.4 Å². The van der Waals surface area contributed by atoms with E-state index in [1.165, 1.54) is 6.42 Å². The molecule has 0 saturated heterocycles. The average Bonchev–Trinajstić information content (AvgIpc) is 2.47. The van der Waals surface area contributed by atoms with Crippen LogP contribution in [-0.4, -0.2) is 40.7 Å². The number of rotatable bonds is 4. The SMILES string of the molecule is CSC1CCCC(NC(=O)NC2CCCCC2C(=O)O)C1. The summed E-state index contributed by atoms with van der Waals surface area (Å²) >= 11 is 1.87. The summed E-state index contributed by atoms with van der Waals surface area (Å²) in [5.41, 5.74) is 0. The van der Waals surface area contributed by atoms with Gasteiger partial charge in [0.15, 0.2) is 0 Å². The van der Waals surface area contributed by atoms with E-state index in [1.54, 1.807) is 0 Å². The number of hydrogen-bond donors (Lipinski definition) is 3. The minimum absolute atomic E-state index is 0.195. The quantitative estimate of drug-likeness (QED) is 0.745. The maximum Gasteiger partial charge on any atom is 0.315 e. The fourth-order valence-corrected chi connectivity index (χ4v) is 4.31. The molecule has 2 rings (SSSR count). The van der Waals surface area contributed by atoms with Crippen LogP contribution >= 0.6 is 11.8 Å². The molecule has 0 aromatic carbocycles. The van der Waals surface area contributed by atoms with Gasteiger partial charge in [-0.2, -0.15) is 11.8 Å². The van der Waals surface area contributed by atoms with Crippen molar-refractivity contribution >= 4 is 23.8 Å². The predicted octanol–water partition coefficient (Wildman–Crippen LogP) is 2.60. The van der Waals surface area contributed by atoms with Crippen LogP contribution in [-0.2, 0) is 4.79 Å². The number of amides is 2. The molecule has 0 radical (unpaired) electrons. The molecule has 4 unspecified atom stereocenters. The molecule has 0 spiro atoms. The Balaban J connectivity index is 1.81. The summed E-state index contributed by atoms with van der Waals surface area (Å²) in [7, 11) is 0. The first-order chi connectivity index (χ1) is 10.1. The third-order valence-electron chi connectivity index (χ3n) is 4.69. The minimum Gasteiger partial charge on any atom is -0.481 e. The second-order valence-corrected chi connectivity index (χ2v) is 7.31. The van der Waals surface area contributed by atoms with Crippen LogP contribution in [0.2, 0.25) is 0 Å². The molecule has 4 atom stereocenters. The largest absolute Gasteiger partial charge is 0.481 e. The summed E-state index contributed by atoms with van der Waals surface area (Å²) in [4.78, 5) is 23.4. The highest BCUT2D eigenvalue weighted by Gasteiger charge is 2.32. The first kappa shape index (κ1) is 16.5. The second kappa shape index (κ2) is 7.92. The van der Waals surface area contributed by atoms with Crippen molar-refractivity contribution in [2.45, 2.75) is 68.7 Å². The van der Waals surface area contributed by atoms with Crippen LogP contribution < -0.4 is 10.6 Å². The Labute approximate surface area is 130 Å². The lowest BCUT2D eigenvalue weighted by Gasteiger charge is -2.32. The number of carboxylic acid groups (broad SMARTS) is 1. The van der Waals surface area contributed by atoms with Crippen molar-refractivity contribution in [3.8, 4) is 0 Å². The van der Waals surface area contributed by atoms with Crippen molar-refractivity contribution < 1.29 is 14.7 Å². The molecule has 120 valence electrons. The van der Waals surface area contributed by atoms with E-state index in [-0.39, 0.29) is 18.1 Å². The van der Waals surface area contributed by atoms with Gasteiger partial charge in [0.25, 0.3) is 0 Å². The van der Waals surface area contributed by atoms with Crippen LogP contribution in [0.5, 0.6) is 0 Å². The van der Waals surface area contributed by atoms with E-state index < -0.39 is 11.9 Å². The zero-order chi connectivity index (χ0) is 15.2. The molecule has 2 aliphatic carbocycles. The number of nitrogens with one attached hydrogen (secondary N) is 2. The summed E-state index contributed by atoms with van der Waals surface area (Å²) in [6.45, 7) is 0. The Bertz CT molecular complexity index is 378. The Morgan fingerprint density at radius 2 is 1.81 bits per heavy atom. The van der Waals surface area contributed by atoms with Gasteiger partial charge >= 0.3 is 12.0 Å². The van der Waals surface area contributed by atoms with Crippen molar-refractivity contribution in [1.82, 2.24) is 10.6 Å². The molecule has 2 fully saturated rings. The van der Waals surface area contributed by atoms with Gasteiger partial charge in [-0.15, -0.1) is 0 Å². The molecule has 0 bridgehead atoms. The van der Waals surface area contributed by atoms with Gasteiger partial charge in [0.05, 0.1) is 5.92 Å². The number of hydrogen-bond acceptors (Lipinski definition) is 3. The van der Waals surface area contributed by atoms with E-state index >= 15 is 0 Å². The zero-order valence-electron chi connectivity index (χ0n) is 12.6. The van der Waals surface area contributed by atoms with Crippen LogP contribution in [0, 0.1) is 5.92 Å². The van der Waals surface area contributed by atoms with Gasteiger partial charge < -0.3 is 15.7 Å². The van der Waals surface area contributed by atoms with E-state index in [0.29, 0.717) is 11.7 Å². The van der Waals surface area contributed by atoms with Crippen LogP contribution in [0.25, 0.3) is 0 Å². The fourth-order valence-electron chi connectivity index (χ4n) is 3.48. The van der Waals surface area contributed by atoms with Crippen LogP contribution in [0.15, 0.2) is 0 Å². The number of carbonyl (C=O) groups is 2. The van der Waals surface area contributed by atoms with Crippen molar-refractivity contribution in [3.63, 3.8) is 0 Å². The normalized spacial score (nSPS) is 33.2. The Morgan fingerprint density at radius 3 is 2.52 bits per heavy atom. The third kappa shape index (κ3) is 4.80. The van der Waals surface area contributed by atoms with E-state index in [2.05, 4.69) is 16.9 Å². The molecule has 3 N–H and O–H groups in total. The van der Waals surface area contributed by atoms with Crippen molar-refractivity contribution in [2.75, 3.05) is 6.26 Å². The van der Waals surface area contributed by atoms with E-state index in [4.69, 9.17) is 0 Å². The summed E-state index contributed by atoms with van der Waals surface area (Å²) in [6.07, 6.45) is 9.90. The van der Waals surface area contributed by atoms with Gasteiger partial charge in [-0.3, -0.25) is 4.79 Å². The van der Waals surface area contributed by atoms with Crippen LogP contribution in [0.4, 0.5) is 4.79 Å². The number of carbonyl (C=O) groups excluding carboxylic acids is 1. The fraction of sp³-hybridized carbons (Fsp3) is 0.867. The maximum atomic E-state index is 12.1. The second-order valence-electron chi connectivity index (χ2n) is 6.17. The minimum atomic E-state index is -0.792. The summed E-state index contributed by atoms with van der Waals surface area (Å²) in [5.74, 6) is -1.23. The molecule has 21 heavy (non-hydrogen) atoms. The highest BCUT2D eigenvalue weighted by molar-refractivity contribution is 7.99. The van der Waals surface area contributed by atoms with E-state index in [1.807, 2.05) is 11.8 Å². The predicted molar refractivity (Wildman–Crippen MR) is 84.6 cm³/mol. The number of thioether (sulfide) groups is 1. The molecular formula is C15H26N2O3S. The molecule has 6 heteroatoms. The third-order valence-corrected chi connectivity index (χ3v) is 5.79.